The summed E-state index contributed by atoms with van der Waals surface area (Å²) in [6.07, 6.45) is 0.414. The molecule has 1 aromatic carbocycles. The third kappa shape index (κ3) is 4.40. The predicted molar refractivity (Wildman–Crippen MR) is 59.1 cm³/mol. The van der Waals surface area contributed by atoms with Crippen molar-refractivity contribution in [3.05, 3.63) is 35.6 Å². The molecule has 15 heavy (non-hydrogen) atoms. The summed E-state index contributed by atoms with van der Waals surface area (Å²) in [4.78, 5) is 0. The summed E-state index contributed by atoms with van der Waals surface area (Å²) < 4.78 is 12.9. The van der Waals surface area contributed by atoms with Crippen molar-refractivity contribution in [2.75, 3.05) is 6.54 Å². The number of hydrogen-bond donors (Lipinski definition) is 2. The lowest BCUT2D eigenvalue weighted by molar-refractivity contribution is 0.182. The Morgan fingerprint density at radius 2 is 2.13 bits per heavy atom. The van der Waals surface area contributed by atoms with E-state index in [0.717, 1.165) is 12.1 Å². The monoisotopic (exact) mass is 211 g/mol. The number of aliphatic hydroxyl groups is 1. The molecule has 3 heteroatoms. The molecule has 0 spiro atoms. The molecule has 0 radical (unpaired) electrons. The molecule has 0 saturated carbocycles. The van der Waals surface area contributed by atoms with Crippen molar-refractivity contribution in [2.45, 2.75) is 32.4 Å². The normalized spacial score (nSPS) is 14.9. The first-order chi connectivity index (χ1) is 7.09. The minimum Gasteiger partial charge on any atom is -0.393 e. The third-order valence-corrected chi connectivity index (χ3v) is 2.36. The van der Waals surface area contributed by atoms with Crippen molar-refractivity contribution in [3.63, 3.8) is 0 Å². The first-order valence-electron chi connectivity index (χ1n) is 5.26. The first-order valence-corrected chi connectivity index (χ1v) is 5.26. The van der Waals surface area contributed by atoms with Gasteiger partial charge in [-0.25, -0.2) is 4.39 Å². The van der Waals surface area contributed by atoms with Gasteiger partial charge in [-0.1, -0.05) is 12.1 Å². The molecule has 0 aliphatic carbocycles. The Hall–Kier alpha value is -0.930. The van der Waals surface area contributed by atoms with E-state index in [0.29, 0.717) is 6.42 Å². The second-order valence-electron chi connectivity index (χ2n) is 3.87. The largest absolute Gasteiger partial charge is 0.393 e. The van der Waals surface area contributed by atoms with Gasteiger partial charge < -0.3 is 10.4 Å². The molecule has 2 N–H and O–H groups in total. The highest BCUT2D eigenvalue weighted by Crippen LogP contribution is 2.13. The van der Waals surface area contributed by atoms with Gasteiger partial charge in [-0.2, -0.15) is 0 Å². The molecule has 2 atom stereocenters. The Kier molecular flexibility index (Phi) is 4.72. The summed E-state index contributed by atoms with van der Waals surface area (Å²) in [5, 5.41) is 12.3. The van der Waals surface area contributed by atoms with Crippen LogP contribution >= 0.6 is 0 Å². The molecule has 0 aromatic heterocycles. The van der Waals surface area contributed by atoms with E-state index >= 15 is 0 Å². The number of rotatable bonds is 5. The van der Waals surface area contributed by atoms with Gasteiger partial charge in [0, 0.05) is 6.04 Å². The standard InChI is InChI=1S/C12H18FNO/c1-9(15)6-7-14-10(2)11-4-3-5-12(13)8-11/h3-5,8-10,14-15H,6-7H2,1-2H3/t9-,10-/m1/s1. The smallest absolute Gasteiger partial charge is 0.123 e. The molecule has 0 aliphatic heterocycles. The third-order valence-electron chi connectivity index (χ3n) is 2.36. The maximum atomic E-state index is 12.9. The molecule has 1 rings (SSSR count). The fourth-order valence-electron chi connectivity index (χ4n) is 1.40. The first kappa shape index (κ1) is 12.1. The lowest BCUT2D eigenvalue weighted by Crippen LogP contribution is -2.22. The van der Waals surface area contributed by atoms with Crippen molar-refractivity contribution in [2.24, 2.45) is 0 Å². The van der Waals surface area contributed by atoms with Crippen LogP contribution in [0, 0.1) is 5.82 Å². The Morgan fingerprint density at radius 3 is 2.73 bits per heavy atom. The summed E-state index contributed by atoms with van der Waals surface area (Å²) in [7, 11) is 0. The zero-order valence-electron chi connectivity index (χ0n) is 9.20. The topological polar surface area (TPSA) is 32.3 Å². The van der Waals surface area contributed by atoms with Gasteiger partial charge in [0.25, 0.3) is 0 Å². The molecule has 2 nitrogen and oxygen atoms in total. The summed E-state index contributed by atoms with van der Waals surface area (Å²) in [6, 6.07) is 6.67. The molecular formula is C12H18FNO. The van der Waals surface area contributed by atoms with Crippen LogP contribution in [0.1, 0.15) is 31.9 Å². The van der Waals surface area contributed by atoms with Gasteiger partial charge in [-0.05, 0) is 44.5 Å². The SMILES string of the molecule is C[C@@H](O)CCN[C@H](C)c1cccc(F)c1. The zero-order valence-corrected chi connectivity index (χ0v) is 9.20. The number of nitrogens with one attached hydrogen (secondary N) is 1. The fraction of sp³-hybridized carbons (Fsp3) is 0.500. The Bertz CT molecular complexity index is 301. The van der Waals surface area contributed by atoms with Gasteiger partial charge >= 0.3 is 0 Å². The van der Waals surface area contributed by atoms with E-state index in [2.05, 4.69) is 5.32 Å². The van der Waals surface area contributed by atoms with Crippen LogP contribution in [-0.4, -0.2) is 17.8 Å². The van der Waals surface area contributed by atoms with Crippen LogP contribution in [0.5, 0.6) is 0 Å². The van der Waals surface area contributed by atoms with Gasteiger partial charge in [0.15, 0.2) is 0 Å². The van der Waals surface area contributed by atoms with Crippen LogP contribution in [-0.2, 0) is 0 Å². The van der Waals surface area contributed by atoms with Crippen molar-refractivity contribution >= 4 is 0 Å². The van der Waals surface area contributed by atoms with Gasteiger partial charge in [0.2, 0.25) is 0 Å². The molecule has 0 heterocycles. The van der Waals surface area contributed by atoms with Crippen LogP contribution < -0.4 is 5.32 Å². The maximum absolute atomic E-state index is 12.9. The fourth-order valence-corrected chi connectivity index (χ4v) is 1.40. The lowest BCUT2D eigenvalue weighted by Gasteiger charge is -2.14. The van der Waals surface area contributed by atoms with E-state index < -0.39 is 0 Å². The van der Waals surface area contributed by atoms with Crippen LogP contribution in [0.2, 0.25) is 0 Å². The molecule has 84 valence electrons. The quantitative estimate of drug-likeness (QED) is 0.783. The summed E-state index contributed by atoms with van der Waals surface area (Å²) in [6.45, 7) is 4.47. The molecule has 1 aromatic rings. The Balaban J connectivity index is 2.43. The van der Waals surface area contributed by atoms with E-state index in [1.807, 2.05) is 13.0 Å². The van der Waals surface area contributed by atoms with E-state index in [1.54, 1.807) is 13.0 Å². The highest BCUT2D eigenvalue weighted by Gasteiger charge is 2.05. The predicted octanol–water partition coefficient (Wildman–Crippen LogP) is 2.25. The van der Waals surface area contributed by atoms with E-state index in [4.69, 9.17) is 5.11 Å². The second kappa shape index (κ2) is 5.83. The van der Waals surface area contributed by atoms with Crippen molar-refractivity contribution in [3.8, 4) is 0 Å². The van der Waals surface area contributed by atoms with Gasteiger partial charge in [-0.3, -0.25) is 0 Å². The molecule has 0 saturated heterocycles. The Labute approximate surface area is 90.1 Å². The molecule has 0 aliphatic rings. The van der Waals surface area contributed by atoms with Crippen molar-refractivity contribution < 1.29 is 9.50 Å². The van der Waals surface area contributed by atoms with E-state index in [1.165, 1.54) is 12.1 Å². The van der Waals surface area contributed by atoms with Crippen LogP contribution in [0.25, 0.3) is 0 Å². The average Bonchev–Trinajstić information content (AvgIpc) is 2.17. The number of halogens is 1. The number of hydrogen-bond acceptors (Lipinski definition) is 2. The molecular weight excluding hydrogens is 193 g/mol. The highest BCUT2D eigenvalue weighted by atomic mass is 19.1. The minimum absolute atomic E-state index is 0.111. The molecule has 0 unspecified atom stereocenters. The van der Waals surface area contributed by atoms with Crippen LogP contribution in [0.15, 0.2) is 24.3 Å². The lowest BCUT2D eigenvalue weighted by atomic mass is 10.1. The van der Waals surface area contributed by atoms with Gasteiger partial charge in [0.1, 0.15) is 5.82 Å². The minimum atomic E-state index is -0.294. The van der Waals surface area contributed by atoms with Gasteiger partial charge in [0.05, 0.1) is 6.10 Å². The van der Waals surface area contributed by atoms with E-state index in [-0.39, 0.29) is 18.0 Å². The highest BCUT2D eigenvalue weighted by molar-refractivity contribution is 5.19. The molecule has 0 fully saturated rings. The van der Waals surface area contributed by atoms with Crippen molar-refractivity contribution in [1.29, 1.82) is 0 Å². The van der Waals surface area contributed by atoms with Crippen LogP contribution in [0.4, 0.5) is 4.39 Å². The molecule has 0 amide bonds. The van der Waals surface area contributed by atoms with Crippen molar-refractivity contribution in [1.82, 2.24) is 5.32 Å². The second-order valence-corrected chi connectivity index (χ2v) is 3.87. The maximum Gasteiger partial charge on any atom is 0.123 e. The number of aliphatic hydroxyl groups excluding tert-OH is 1. The average molecular weight is 211 g/mol. The Morgan fingerprint density at radius 1 is 1.40 bits per heavy atom. The van der Waals surface area contributed by atoms with Gasteiger partial charge in [-0.15, -0.1) is 0 Å². The summed E-state index contributed by atoms with van der Waals surface area (Å²) >= 11 is 0. The van der Waals surface area contributed by atoms with Crippen LogP contribution in [0.3, 0.4) is 0 Å². The van der Waals surface area contributed by atoms with E-state index in [9.17, 15) is 4.39 Å². The zero-order chi connectivity index (χ0) is 11.3. The summed E-state index contributed by atoms with van der Waals surface area (Å²) in [5.74, 6) is -0.211. The molecule has 0 bridgehead atoms. The summed E-state index contributed by atoms with van der Waals surface area (Å²) in [5.41, 5.74) is 0.931. The number of benzene rings is 1.